The third kappa shape index (κ3) is 5.37. The number of nitrogens with one attached hydrogen (secondary N) is 1. The van der Waals surface area contributed by atoms with E-state index in [9.17, 15) is 4.79 Å². The fourth-order valence-electron chi connectivity index (χ4n) is 2.49. The summed E-state index contributed by atoms with van der Waals surface area (Å²) in [5.41, 5.74) is 0.106. The number of rotatable bonds is 7. The van der Waals surface area contributed by atoms with E-state index in [1.807, 2.05) is 6.07 Å². The van der Waals surface area contributed by atoms with Gasteiger partial charge in [-0.15, -0.1) is 0 Å². The van der Waals surface area contributed by atoms with Gasteiger partial charge in [0, 0.05) is 33.5 Å². The molecule has 6 nitrogen and oxygen atoms in total. The second kappa shape index (κ2) is 9.37. The summed E-state index contributed by atoms with van der Waals surface area (Å²) >= 11 is 0. The average molecular weight is 295 g/mol. The quantitative estimate of drug-likeness (QED) is 0.436. The highest BCUT2D eigenvalue weighted by atomic mass is 16.7. The molecule has 0 unspecified atom stereocenters. The number of nitrogens with zero attached hydrogens (tertiary/aromatic N) is 2. The summed E-state index contributed by atoms with van der Waals surface area (Å²) in [6.07, 6.45) is 6.59. The summed E-state index contributed by atoms with van der Waals surface area (Å²) < 4.78 is 10.1. The van der Waals surface area contributed by atoms with Crippen molar-refractivity contribution in [3.05, 3.63) is 11.8 Å². The first-order chi connectivity index (χ1) is 10.1. The SMILES string of the molecule is COC(CN/C=C(/C#N)C(=O)N(C)C1CCCCC1)OC. The minimum absolute atomic E-state index is 0.106. The first-order valence-electron chi connectivity index (χ1n) is 7.30. The molecule has 0 heterocycles. The molecule has 0 saturated heterocycles. The van der Waals surface area contributed by atoms with Gasteiger partial charge >= 0.3 is 0 Å². The van der Waals surface area contributed by atoms with Crippen molar-refractivity contribution >= 4 is 5.91 Å². The standard InChI is InChI=1S/C15H25N3O3/c1-18(13-7-5-4-6-8-13)15(19)12(9-16)10-17-11-14(20-2)21-3/h10,13-14,17H,4-8,11H2,1-3H3/b12-10-. The van der Waals surface area contributed by atoms with E-state index in [0.717, 1.165) is 25.7 Å². The summed E-state index contributed by atoms with van der Waals surface area (Å²) in [5.74, 6) is -0.233. The van der Waals surface area contributed by atoms with Crippen LogP contribution in [0.3, 0.4) is 0 Å². The van der Waals surface area contributed by atoms with Crippen LogP contribution in [0, 0.1) is 11.3 Å². The maximum atomic E-state index is 12.3. The monoisotopic (exact) mass is 295 g/mol. The molecule has 0 bridgehead atoms. The van der Waals surface area contributed by atoms with Crippen LogP contribution in [0.2, 0.25) is 0 Å². The molecular weight excluding hydrogens is 270 g/mol. The molecule has 1 fully saturated rings. The number of carbonyl (C=O) groups excluding carboxylic acids is 1. The van der Waals surface area contributed by atoms with Crippen molar-refractivity contribution in [2.45, 2.75) is 44.4 Å². The average Bonchev–Trinajstić information content (AvgIpc) is 2.55. The highest BCUT2D eigenvalue weighted by molar-refractivity contribution is 5.97. The van der Waals surface area contributed by atoms with E-state index in [1.54, 1.807) is 11.9 Å². The molecule has 0 aromatic carbocycles. The minimum atomic E-state index is -0.410. The summed E-state index contributed by atoms with van der Waals surface area (Å²) in [5, 5.41) is 12.1. The zero-order chi connectivity index (χ0) is 15.7. The molecule has 1 aliphatic rings. The normalized spacial score (nSPS) is 16.6. The van der Waals surface area contributed by atoms with Crippen LogP contribution in [-0.4, -0.2) is 51.0 Å². The van der Waals surface area contributed by atoms with Crippen molar-refractivity contribution in [3.63, 3.8) is 0 Å². The Kier molecular flexibility index (Phi) is 7.80. The lowest BCUT2D eigenvalue weighted by atomic mass is 9.94. The maximum absolute atomic E-state index is 12.3. The Labute approximate surface area is 126 Å². The van der Waals surface area contributed by atoms with Gasteiger partial charge in [-0.25, -0.2) is 0 Å². The van der Waals surface area contributed by atoms with E-state index in [-0.39, 0.29) is 17.5 Å². The fourth-order valence-corrected chi connectivity index (χ4v) is 2.49. The molecular formula is C15H25N3O3. The van der Waals surface area contributed by atoms with Crippen LogP contribution in [0.1, 0.15) is 32.1 Å². The van der Waals surface area contributed by atoms with Crippen molar-refractivity contribution in [3.8, 4) is 6.07 Å². The molecule has 1 saturated carbocycles. The molecule has 1 N–H and O–H groups in total. The van der Waals surface area contributed by atoms with Crippen LogP contribution < -0.4 is 5.32 Å². The zero-order valence-corrected chi connectivity index (χ0v) is 13.1. The van der Waals surface area contributed by atoms with Crippen molar-refractivity contribution in [1.82, 2.24) is 10.2 Å². The van der Waals surface area contributed by atoms with Crippen LogP contribution in [0.15, 0.2) is 11.8 Å². The van der Waals surface area contributed by atoms with Gasteiger partial charge in [-0.05, 0) is 12.8 Å². The predicted molar refractivity (Wildman–Crippen MR) is 79.1 cm³/mol. The topological polar surface area (TPSA) is 74.6 Å². The van der Waals surface area contributed by atoms with E-state index in [0.29, 0.717) is 6.54 Å². The van der Waals surface area contributed by atoms with E-state index >= 15 is 0 Å². The van der Waals surface area contributed by atoms with Gasteiger partial charge in [-0.3, -0.25) is 4.79 Å². The Morgan fingerprint density at radius 2 is 2.00 bits per heavy atom. The number of amides is 1. The van der Waals surface area contributed by atoms with Gasteiger partial charge in [0.2, 0.25) is 0 Å². The highest BCUT2D eigenvalue weighted by Gasteiger charge is 2.24. The smallest absolute Gasteiger partial charge is 0.265 e. The summed E-state index contributed by atoms with van der Waals surface area (Å²) in [6.45, 7) is 0.374. The Bertz CT molecular complexity index is 393. The number of ether oxygens (including phenoxy) is 2. The second-order valence-corrected chi connectivity index (χ2v) is 5.19. The maximum Gasteiger partial charge on any atom is 0.265 e. The Morgan fingerprint density at radius 3 is 2.52 bits per heavy atom. The second-order valence-electron chi connectivity index (χ2n) is 5.19. The third-order valence-corrected chi connectivity index (χ3v) is 3.85. The van der Waals surface area contributed by atoms with E-state index in [1.165, 1.54) is 26.8 Å². The van der Waals surface area contributed by atoms with Crippen molar-refractivity contribution in [2.24, 2.45) is 0 Å². The van der Waals surface area contributed by atoms with Gasteiger partial charge in [0.05, 0.1) is 6.54 Å². The zero-order valence-electron chi connectivity index (χ0n) is 13.1. The van der Waals surface area contributed by atoms with Crippen LogP contribution in [0.5, 0.6) is 0 Å². The Hall–Kier alpha value is -1.58. The molecule has 0 aromatic rings. The number of carbonyl (C=O) groups is 1. The molecule has 1 aliphatic carbocycles. The molecule has 0 aromatic heterocycles. The lowest BCUT2D eigenvalue weighted by Crippen LogP contribution is -2.39. The van der Waals surface area contributed by atoms with Crippen LogP contribution in [0.4, 0.5) is 0 Å². The first kappa shape index (κ1) is 17.5. The van der Waals surface area contributed by atoms with Gasteiger partial charge < -0.3 is 19.7 Å². The molecule has 1 rings (SSSR count). The molecule has 6 heteroatoms. The lowest BCUT2D eigenvalue weighted by Gasteiger charge is -2.31. The molecule has 0 spiro atoms. The summed E-state index contributed by atoms with van der Waals surface area (Å²) in [4.78, 5) is 14.0. The number of hydrogen-bond acceptors (Lipinski definition) is 5. The Balaban J connectivity index is 2.57. The number of methoxy groups -OCH3 is 2. The van der Waals surface area contributed by atoms with Crippen molar-refractivity contribution < 1.29 is 14.3 Å². The first-order valence-corrected chi connectivity index (χ1v) is 7.30. The Morgan fingerprint density at radius 1 is 1.38 bits per heavy atom. The number of likely N-dealkylation sites (N-methyl/N-ethyl adjacent to an activating group) is 1. The van der Waals surface area contributed by atoms with Crippen LogP contribution in [-0.2, 0) is 14.3 Å². The molecule has 0 atom stereocenters. The molecule has 21 heavy (non-hydrogen) atoms. The number of hydrogen-bond donors (Lipinski definition) is 1. The minimum Gasteiger partial charge on any atom is -0.385 e. The summed E-state index contributed by atoms with van der Waals surface area (Å²) in [7, 11) is 4.84. The van der Waals surface area contributed by atoms with Gasteiger partial charge in [0.25, 0.3) is 5.91 Å². The fraction of sp³-hybridized carbons (Fsp3) is 0.733. The molecule has 1 amide bonds. The largest absolute Gasteiger partial charge is 0.385 e. The van der Waals surface area contributed by atoms with Crippen molar-refractivity contribution in [2.75, 3.05) is 27.8 Å². The van der Waals surface area contributed by atoms with E-state index in [2.05, 4.69) is 5.32 Å². The van der Waals surface area contributed by atoms with Crippen LogP contribution >= 0.6 is 0 Å². The third-order valence-electron chi connectivity index (χ3n) is 3.85. The van der Waals surface area contributed by atoms with Crippen molar-refractivity contribution in [1.29, 1.82) is 5.26 Å². The van der Waals surface area contributed by atoms with Gasteiger partial charge in [-0.1, -0.05) is 19.3 Å². The molecule has 0 radical (unpaired) electrons. The number of nitriles is 1. The lowest BCUT2D eigenvalue weighted by molar-refractivity contribution is -0.128. The molecule has 0 aliphatic heterocycles. The van der Waals surface area contributed by atoms with E-state index < -0.39 is 6.29 Å². The van der Waals surface area contributed by atoms with Gasteiger partial charge in [0.15, 0.2) is 6.29 Å². The predicted octanol–water partition coefficient (Wildman–Crippen LogP) is 1.39. The van der Waals surface area contributed by atoms with Gasteiger partial charge in [-0.2, -0.15) is 5.26 Å². The van der Waals surface area contributed by atoms with E-state index in [4.69, 9.17) is 14.7 Å². The highest BCUT2D eigenvalue weighted by Crippen LogP contribution is 2.22. The summed E-state index contributed by atoms with van der Waals surface area (Å²) in [6, 6.07) is 2.20. The molecule has 118 valence electrons. The van der Waals surface area contributed by atoms with Crippen LogP contribution in [0.25, 0.3) is 0 Å². The van der Waals surface area contributed by atoms with Gasteiger partial charge in [0.1, 0.15) is 11.6 Å².